The van der Waals surface area contributed by atoms with E-state index in [-0.39, 0.29) is 29.1 Å². The highest BCUT2D eigenvalue weighted by Gasteiger charge is 2.28. The molecule has 1 aromatic heterocycles. The third kappa shape index (κ3) is 4.98. The predicted octanol–water partition coefficient (Wildman–Crippen LogP) is 2.55. The van der Waals surface area contributed by atoms with Crippen LogP contribution in [-0.2, 0) is 4.79 Å². The lowest BCUT2D eigenvalue weighted by Gasteiger charge is -2.30. The van der Waals surface area contributed by atoms with Crippen molar-refractivity contribution in [3.8, 4) is 5.69 Å². The number of amides is 2. The number of rotatable bonds is 7. The van der Waals surface area contributed by atoms with E-state index in [4.69, 9.17) is 0 Å². The molecule has 0 spiro atoms. The maximum atomic E-state index is 12.7. The first-order valence-corrected chi connectivity index (χ1v) is 9.87. The van der Waals surface area contributed by atoms with Crippen LogP contribution in [0.4, 0.5) is 5.69 Å². The highest BCUT2D eigenvalue weighted by Crippen LogP contribution is 2.20. The fourth-order valence-corrected chi connectivity index (χ4v) is 3.37. The van der Waals surface area contributed by atoms with Gasteiger partial charge in [0.2, 0.25) is 5.91 Å². The van der Waals surface area contributed by atoms with Gasteiger partial charge in [0, 0.05) is 43.9 Å². The van der Waals surface area contributed by atoms with Crippen LogP contribution in [0.1, 0.15) is 43.1 Å². The largest absolute Gasteiger partial charge is 0.356 e. The second kappa shape index (κ2) is 9.31. The Balaban J connectivity index is 1.59. The molecule has 0 saturated carbocycles. The third-order valence-electron chi connectivity index (χ3n) is 5.10. The first-order valence-electron chi connectivity index (χ1n) is 9.87. The number of hydrogen-bond donors (Lipinski definition) is 1. The normalized spacial score (nSPS) is 14.6. The van der Waals surface area contributed by atoms with Crippen molar-refractivity contribution in [1.82, 2.24) is 20.0 Å². The van der Waals surface area contributed by atoms with Crippen molar-refractivity contribution in [2.45, 2.75) is 32.6 Å². The minimum atomic E-state index is -0.471. The Morgan fingerprint density at radius 2 is 2.03 bits per heavy atom. The van der Waals surface area contributed by atoms with Crippen LogP contribution in [0.3, 0.4) is 0 Å². The maximum absolute atomic E-state index is 12.7. The standard InChI is InChI=1S/C20H25N5O4/c1-2-3-10-21-19(26)15-7-11-23(12-8-15)20(27)18-9-13-24(22-18)16-5-4-6-17(14-16)25(28)29/h4-6,9,13-15H,2-3,7-8,10-12H2,1H3,(H,21,26). The maximum Gasteiger partial charge on any atom is 0.274 e. The summed E-state index contributed by atoms with van der Waals surface area (Å²) in [5.41, 5.74) is 0.758. The number of hydrogen-bond acceptors (Lipinski definition) is 5. The van der Waals surface area contributed by atoms with Crippen LogP contribution in [-0.4, -0.2) is 51.1 Å². The van der Waals surface area contributed by atoms with Crippen LogP contribution in [0.2, 0.25) is 0 Å². The molecule has 2 amide bonds. The Morgan fingerprint density at radius 3 is 2.72 bits per heavy atom. The molecule has 0 unspecified atom stereocenters. The number of carbonyl (C=O) groups excluding carboxylic acids is 2. The van der Waals surface area contributed by atoms with Crippen molar-refractivity contribution < 1.29 is 14.5 Å². The van der Waals surface area contributed by atoms with Crippen LogP contribution in [0.15, 0.2) is 36.5 Å². The van der Waals surface area contributed by atoms with Gasteiger partial charge in [-0.1, -0.05) is 19.4 Å². The molecule has 9 nitrogen and oxygen atoms in total. The van der Waals surface area contributed by atoms with Gasteiger partial charge in [-0.05, 0) is 31.4 Å². The molecule has 1 aliphatic heterocycles. The zero-order valence-electron chi connectivity index (χ0n) is 16.4. The number of carbonyl (C=O) groups is 2. The second-order valence-electron chi connectivity index (χ2n) is 7.13. The van der Waals surface area contributed by atoms with Crippen molar-refractivity contribution >= 4 is 17.5 Å². The van der Waals surface area contributed by atoms with Gasteiger partial charge in [-0.2, -0.15) is 5.10 Å². The van der Waals surface area contributed by atoms with E-state index in [1.807, 2.05) is 0 Å². The fourth-order valence-electron chi connectivity index (χ4n) is 3.37. The SMILES string of the molecule is CCCCNC(=O)C1CCN(C(=O)c2ccn(-c3cccc([N+](=O)[O-])c3)n2)CC1. The van der Waals surface area contributed by atoms with E-state index in [1.54, 1.807) is 29.3 Å². The summed E-state index contributed by atoms with van der Waals surface area (Å²) in [6.45, 7) is 3.79. The van der Waals surface area contributed by atoms with Gasteiger partial charge >= 0.3 is 0 Å². The Morgan fingerprint density at radius 1 is 1.28 bits per heavy atom. The molecule has 1 fully saturated rings. The first-order chi connectivity index (χ1) is 14.0. The van der Waals surface area contributed by atoms with Crippen molar-refractivity contribution in [3.63, 3.8) is 0 Å². The molecule has 0 radical (unpaired) electrons. The number of nitro groups is 1. The number of nitro benzene ring substituents is 1. The number of nitrogens with one attached hydrogen (secondary N) is 1. The Labute approximate surface area is 168 Å². The quantitative estimate of drug-likeness (QED) is 0.437. The predicted molar refractivity (Wildman–Crippen MR) is 107 cm³/mol. The van der Waals surface area contributed by atoms with Crippen LogP contribution < -0.4 is 5.32 Å². The topological polar surface area (TPSA) is 110 Å². The van der Waals surface area contributed by atoms with E-state index in [0.29, 0.717) is 38.2 Å². The van der Waals surface area contributed by atoms with E-state index in [0.717, 1.165) is 12.8 Å². The van der Waals surface area contributed by atoms with Crippen LogP contribution in [0.5, 0.6) is 0 Å². The molecule has 2 heterocycles. The molecule has 0 atom stereocenters. The molecule has 3 rings (SSSR count). The average Bonchev–Trinajstić information content (AvgIpc) is 3.24. The van der Waals surface area contributed by atoms with Gasteiger partial charge in [0.15, 0.2) is 5.69 Å². The second-order valence-corrected chi connectivity index (χ2v) is 7.13. The summed E-state index contributed by atoms with van der Waals surface area (Å²) in [7, 11) is 0. The fraction of sp³-hybridized carbons (Fsp3) is 0.450. The zero-order chi connectivity index (χ0) is 20.8. The molecule has 2 aromatic rings. The monoisotopic (exact) mass is 399 g/mol. The molecule has 154 valence electrons. The summed E-state index contributed by atoms with van der Waals surface area (Å²) in [6, 6.07) is 7.68. The van der Waals surface area contributed by atoms with E-state index in [2.05, 4.69) is 17.3 Å². The Bertz CT molecular complexity index is 887. The number of unbranched alkanes of at least 4 members (excludes halogenated alkanes) is 1. The average molecular weight is 399 g/mol. The van der Waals surface area contributed by atoms with Crippen molar-refractivity contribution in [2.24, 2.45) is 5.92 Å². The summed E-state index contributed by atoms with van der Waals surface area (Å²) in [5, 5.41) is 18.2. The molecule has 1 aromatic carbocycles. The number of nitrogens with zero attached hydrogens (tertiary/aromatic N) is 4. The van der Waals surface area contributed by atoms with Gasteiger partial charge in [0.1, 0.15) is 0 Å². The molecule has 1 aliphatic rings. The van der Waals surface area contributed by atoms with Gasteiger partial charge in [-0.15, -0.1) is 0 Å². The van der Waals surface area contributed by atoms with Crippen LogP contribution >= 0.6 is 0 Å². The van der Waals surface area contributed by atoms with Gasteiger partial charge in [-0.3, -0.25) is 19.7 Å². The van der Waals surface area contributed by atoms with Crippen molar-refractivity contribution in [3.05, 3.63) is 52.3 Å². The molecule has 9 heteroatoms. The third-order valence-corrected chi connectivity index (χ3v) is 5.10. The molecule has 1 N–H and O–H groups in total. The summed E-state index contributed by atoms with van der Waals surface area (Å²) >= 11 is 0. The molecule has 0 aliphatic carbocycles. The lowest BCUT2D eigenvalue weighted by Crippen LogP contribution is -2.43. The van der Waals surface area contributed by atoms with Gasteiger partial charge in [0.25, 0.3) is 11.6 Å². The Hall–Kier alpha value is -3.23. The Kier molecular flexibility index (Phi) is 6.58. The molecule has 1 saturated heterocycles. The van der Waals surface area contributed by atoms with E-state index < -0.39 is 4.92 Å². The minimum absolute atomic E-state index is 0.0369. The number of likely N-dealkylation sites (tertiary alicyclic amines) is 1. The number of benzene rings is 1. The zero-order valence-corrected chi connectivity index (χ0v) is 16.4. The van der Waals surface area contributed by atoms with Crippen LogP contribution in [0, 0.1) is 16.0 Å². The van der Waals surface area contributed by atoms with Crippen molar-refractivity contribution in [2.75, 3.05) is 19.6 Å². The van der Waals surface area contributed by atoms with E-state index >= 15 is 0 Å². The summed E-state index contributed by atoms with van der Waals surface area (Å²) < 4.78 is 1.45. The summed E-state index contributed by atoms with van der Waals surface area (Å²) in [5.74, 6) is -0.183. The minimum Gasteiger partial charge on any atom is -0.356 e. The number of non-ortho nitro benzene ring substituents is 1. The smallest absolute Gasteiger partial charge is 0.274 e. The molecular formula is C20H25N5O4. The highest BCUT2D eigenvalue weighted by molar-refractivity contribution is 5.92. The van der Waals surface area contributed by atoms with Crippen LogP contribution in [0.25, 0.3) is 5.69 Å². The molecule has 29 heavy (non-hydrogen) atoms. The van der Waals surface area contributed by atoms with E-state index in [1.165, 1.54) is 16.8 Å². The lowest BCUT2D eigenvalue weighted by molar-refractivity contribution is -0.384. The molecular weight excluding hydrogens is 374 g/mol. The number of piperidine rings is 1. The summed E-state index contributed by atoms with van der Waals surface area (Å²) in [4.78, 5) is 37.1. The summed E-state index contributed by atoms with van der Waals surface area (Å²) in [6.07, 6.45) is 4.89. The lowest BCUT2D eigenvalue weighted by atomic mass is 9.95. The van der Waals surface area contributed by atoms with Crippen molar-refractivity contribution in [1.29, 1.82) is 0 Å². The first kappa shape index (κ1) is 20.5. The molecule has 0 bridgehead atoms. The van der Waals surface area contributed by atoms with Gasteiger partial charge in [-0.25, -0.2) is 4.68 Å². The van der Waals surface area contributed by atoms with E-state index in [9.17, 15) is 19.7 Å². The van der Waals surface area contributed by atoms with Gasteiger partial charge in [0.05, 0.1) is 10.6 Å². The highest BCUT2D eigenvalue weighted by atomic mass is 16.6. The number of aromatic nitrogens is 2. The van der Waals surface area contributed by atoms with Gasteiger partial charge < -0.3 is 10.2 Å².